The normalized spacial score (nSPS) is 16.6. The highest BCUT2D eigenvalue weighted by atomic mass is 32.2. The van der Waals surface area contributed by atoms with Crippen LogP contribution in [0, 0.1) is 5.82 Å². The minimum Gasteiger partial charge on any atom is -0.468 e. The Bertz CT molecular complexity index is 732. The fourth-order valence-electron chi connectivity index (χ4n) is 2.66. The van der Waals surface area contributed by atoms with E-state index in [4.69, 9.17) is 4.74 Å². The quantitative estimate of drug-likeness (QED) is 0.557. The Morgan fingerprint density at radius 2 is 2.23 bits per heavy atom. The lowest BCUT2D eigenvalue weighted by Crippen LogP contribution is -2.19. The molecule has 3 rings (SSSR count). The molecular weight excluding hydrogens is 359 g/mol. The molecule has 26 heavy (non-hydrogen) atoms. The van der Waals surface area contributed by atoms with Crippen LogP contribution in [0.1, 0.15) is 18.7 Å². The molecule has 0 bridgehead atoms. The Balaban J connectivity index is 1.70. The monoisotopic (exact) mass is 380 g/mol. The number of nitrogens with zero attached hydrogens (tertiary/aromatic N) is 3. The molecule has 140 valence electrons. The molecule has 1 saturated heterocycles. The Morgan fingerprint density at radius 3 is 2.92 bits per heavy atom. The van der Waals surface area contributed by atoms with Gasteiger partial charge in [-0.15, -0.1) is 10.2 Å². The summed E-state index contributed by atoms with van der Waals surface area (Å²) in [6.07, 6.45) is 2.15. The molecule has 1 fully saturated rings. The predicted molar refractivity (Wildman–Crippen MR) is 95.5 cm³/mol. The number of aromatic nitrogens is 3. The van der Waals surface area contributed by atoms with Gasteiger partial charge in [-0.25, -0.2) is 4.39 Å². The largest absolute Gasteiger partial charge is 0.468 e. The minimum absolute atomic E-state index is 0.119. The van der Waals surface area contributed by atoms with Crippen molar-refractivity contribution in [3.05, 3.63) is 35.9 Å². The van der Waals surface area contributed by atoms with Crippen molar-refractivity contribution in [2.45, 2.75) is 37.2 Å². The summed E-state index contributed by atoms with van der Waals surface area (Å²) in [6.45, 7) is 1.83. The molecule has 7 nitrogen and oxygen atoms in total. The van der Waals surface area contributed by atoms with Crippen molar-refractivity contribution in [3.8, 4) is 0 Å². The van der Waals surface area contributed by atoms with Gasteiger partial charge in [-0.1, -0.05) is 11.8 Å². The van der Waals surface area contributed by atoms with Gasteiger partial charge in [0.25, 0.3) is 0 Å². The van der Waals surface area contributed by atoms with E-state index in [1.807, 2.05) is 4.57 Å². The van der Waals surface area contributed by atoms with Gasteiger partial charge in [-0.2, -0.15) is 0 Å². The van der Waals surface area contributed by atoms with E-state index in [0.717, 1.165) is 31.0 Å². The second kappa shape index (κ2) is 9.00. The molecule has 0 radical (unpaired) electrons. The first-order chi connectivity index (χ1) is 12.7. The number of thioether (sulfide) groups is 1. The Kier molecular flexibility index (Phi) is 6.45. The van der Waals surface area contributed by atoms with Gasteiger partial charge < -0.3 is 19.4 Å². The molecule has 1 aromatic carbocycles. The lowest BCUT2D eigenvalue weighted by atomic mass is 10.2. The topological polar surface area (TPSA) is 78.3 Å². The number of ether oxygens (including phenoxy) is 2. The van der Waals surface area contributed by atoms with Crippen LogP contribution in [0.3, 0.4) is 0 Å². The number of halogens is 1. The van der Waals surface area contributed by atoms with Gasteiger partial charge in [0, 0.05) is 12.3 Å². The van der Waals surface area contributed by atoms with E-state index in [9.17, 15) is 9.18 Å². The lowest BCUT2D eigenvalue weighted by molar-refractivity contribution is -0.137. The van der Waals surface area contributed by atoms with Crippen molar-refractivity contribution in [2.75, 3.05) is 24.8 Å². The van der Waals surface area contributed by atoms with Crippen LogP contribution in [0.4, 0.5) is 10.1 Å². The number of benzene rings is 1. The summed E-state index contributed by atoms with van der Waals surface area (Å²) in [6, 6.07) is 6.14. The van der Waals surface area contributed by atoms with Crippen LogP contribution in [0.25, 0.3) is 0 Å². The van der Waals surface area contributed by atoms with Crippen molar-refractivity contribution in [2.24, 2.45) is 0 Å². The second-order valence-electron chi connectivity index (χ2n) is 5.87. The van der Waals surface area contributed by atoms with Gasteiger partial charge in [0.15, 0.2) is 11.0 Å². The summed E-state index contributed by atoms with van der Waals surface area (Å²) in [5, 5.41) is 12.3. The average Bonchev–Trinajstić information content (AvgIpc) is 3.30. The summed E-state index contributed by atoms with van der Waals surface area (Å²) < 4.78 is 25.4. The summed E-state index contributed by atoms with van der Waals surface area (Å²) in [7, 11) is 1.36. The van der Waals surface area contributed by atoms with E-state index in [2.05, 4.69) is 20.3 Å². The maximum Gasteiger partial charge on any atom is 0.316 e. The maximum atomic E-state index is 13.0. The number of esters is 1. The van der Waals surface area contributed by atoms with Crippen molar-refractivity contribution in [1.82, 2.24) is 14.8 Å². The zero-order chi connectivity index (χ0) is 18.4. The number of methoxy groups -OCH3 is 1. The van der Waals surface area contributed by atoms with Crippen molar-refractivity contribution < 1.29 is 18.7 Å². The van der Waals surface area contributed by atoms with Crippen molar-refractivity contribution in [1.29, 1.82) is 0 Å². The molecule has 0 amide bonds. The van der Waals surface area contributed by atoms with E-state index in [1.165, 1.54) is 31.0 Å². The highest BCUT2D eigenvalue weighted by Crippen LogP contribution is 2.22. The number of hydrogen-bond donors (Lipinski definition) is 1. The highest BCUT2D eigenvalue weighted by molar-refractivity contribution is 7.99. The minimum atomic E-state index is -0.312. The molecule has 1 aliphatic heterocycles. The first-order valence-electron chi connectivity index (χ1n) is 8.38. The average molecular weight is 380 g/mol. The molecule has 1 aromatic heterocycles. The van der Waals surface area contributed by atoms with Gasteiger partial charge in [-0.3, -0.25) is 4.79 Å². The number of rotatable bonds is 8. The molecule has 9 heteroatoms. The third-order valence-corrected chi connectivity index (χ3v) is 4.99. The molecule has 1 unspecified atom stereocenters. The third-order valence-electron chi connectivity index (χ3n) is 4.05. The van der Waals surface area contributed by atoms with Crippen LogP contribution in [-0.2, 0) is 27.4 Å². The number of anilines is 1. The van der Waals surface area contributed by atoms with E-state index in [1.54, 1.807) is 12.1 Å². The van der Waals surface area contributed by atoms with Crippen LogP contribution in [0.5, 0.6) is 0 Å². The van der Waals surface area contributed by atoms with Crippen LogP contribution in [0.2, 0.25) is 0 Å². The van der Waals surface area contributed by atoms with Gasteiger partial charge in [0.1, 0.15) is 5.82 Å². The van der Waals surface area contributed by atoms with Gasteiger partial charge >= 0.3 is 5.97 Å². The predicted octanol–water partition coefficient (Wildman–Crippen LogP) is 2.47. The van der Waals surface area contributed by atoms with Gasteiger partial charge in [0.05, 0.1) is 32.1 Å². The standard InChI is InChI=1S/C17H21FN4O3S/c1-24-16(23)11-26-17-21-20-15(22(17)10-14-3-2-8-25-14)9-19-13-6-4-12(18)5-7-13/h4-7,14,19H,2-3,8-11H2,1H3. The van der Waals surface area contributed by atoms with E-state index in [0.29, 0.717) is 18.2 Å². The second-order valence-corrected chi connectivity index (χ2v) is 6.81. The lowest BCUT2D eigenvalue weighted by Gasteiger charge is -2.15. The Labute approximate surface area is 155 Å². The molecule has 0 spiro atoms. The first-order valence-corrected chi connectivity index (χ1v) is 9.37. The Hall–Kier alpha value is -2.13. The zero-order valence-electron chi connectivity index (χ0n) is 14.5. The van der Waals surface area contributed by atoms with Crippen molar-refractivity contribution >= 4 is 23.4 Å². The SMILES string of the molecule is COC(=O)CSc1nnc(CNc2ccc(F)cc2)n1CC1CCCO1. The van der Waals surface area contributed by atoms with Gasteiger partial charge in [0.2, 0.25) is 0 Å². The van der Waals surface area contributed by atoms with Crippen LogP contribution in [-0.4, -0.2) is 46.3 Å². The third kappa shape index (κ3) is 4.95. The maximum absolute atomic E-state index is 13.0. The fraction of sp³-hybridized carbons (Fsp3) is 0.471. The number of nitrogens with one attached hydrogen (secondary N) is 1. The van der Waals surface area contributed by atoms with Crippen LogP contribution < -0.4 is 5.32 Å². The molecule has 0 saturated carbocycles. The number of carbonyl (C=O) groups is 1. The number of hydrogen-bond acceptors (Lipinski definition) is 7. The first kappa shape index (κ1) is 18.7. The zero-order valence-corrected chi connectivity index (χ0v) is 15.3. The van der Waals surface area contributed by atoms with Crippen molar-refractivity contribution in [3.63, 3.8) is 0 Å². The van der Waals surface area contributed by atoms with E-state index >= 15 is 0 Å². The molecule has 2 heterocycles. The summed E-state index contributed by atoms with van der Waals surface area (Å²) in [4.78, 5) is 11.4. The molecular formula is C17H21FN4O3S. The molecule has 1 aliphatic rings. The summed E-state index contributed by atoms with van der Waals surface area (Å²) in [5.41, 5.74) is 0.793. The Morgan fingerprint density at radius 1 is 1.42 bits per heavy atom. The van der Waals surface area contributed by atoms with Gasteiger partial charge in [-0.05, 0) is 37.1 Å². The van der Waals surface area contributed by atoms with E-state index in [-0.39, 0.29) is 23.6 Å². The molecule has 1 atom stereocenters. The summed E-state index contributed by atoms with van der Waals surface area (Å²) >= 11 is 1.29. The van der Waals surface area contributed by atoms with E-state index < -0.39 is 0 Å². The van der Waals surface area contributed by atoms with Crippen LogP contribution >= 0.6 is 11.8 Å². The van der Waals surface area contributed by atoms with Crippen LogP contribution in [0.15, 0.2) is 29.4 Å². The smallest absolute Gasteiger partial charge is 0.316 e. The molecule has 2 aromatic rings. The highest BCUT2D eigenvalue weighted by Gasteiger charge is 2.21. The summed E-state index contributed by atoms with van der Waals surface area (Å²) in [5.74, 6) is 0.314. The molecule has 0 aliphatic carbocycles. The fourth-order valence-corrected chi connectivity index (χ4v) is 3.46. The number of carbonyl (C=O) groups excluding carboxylic acids is 1. The molecule has 1 N–H and O–H groups in total.